The molecule has 0 spiro atoms. The molecule has 1 fully saturated rings. The Labute approximate surface area is 122 Å². The summed E-state index contributed by atoms with van der Waals surface area (Å²) in [5.41, 5.74) is 1.70. The molecule has 4 heteroatoms. The Balaban J connectivity index is 1.95. The third kappa shape index (κ3) is 3.57. The van der Waals surface area contributed by atoms with Gasteiger partial charge in [-0.2, -0.15) is 0 Å². The molecule has 0 heterocycles. The van der Waals surface area contributed by atoms with Gasteiger partial charge in [-0.1, -0.05) is 25.0 Å². The van der Waals surface area contributed by atoms with Crippen LogP contribution in [0.3, 0.4) is 0 Å². The van der Waals surface area contributed by atoms with Crippen LogP contribution < -0.4 is 5.32 Å². The number of nitrogens with one attached hydrogen (secondary N) is 1. The Morgan fingerprint density at radius 3 is 2.89 bits per heavy atom. The SMILES string of the molecule is Cc1cccc(C(=O)NCC2CCCCC2O)c1Br. The third-order valence-electron chi connectivity index (χ3n) is 3.83. The summed E-state index contributed by atoms with van der Waals surface area (Å²) in [5.74, 6) is 0.120. The van der Waals surface area contributed by atoms with Gasteiger partial charge < -0.3 is 10.4 Å². The number of amides is 1. The number of halogens is 1. The highest BCUT2D eigenvalue weighted by molar-refractivity contribution is 9.10. The zero-order chi connectivity index (χ0) is 13.8. The van der Waals surface area contributed by atoms with Crippen molar-refractivity contribution >= 4 is 21.8 Å². The van der Waals surface area contributed by atoms with Crippen LogP contribution in [0.1, 0.15) is 41.6 Å². The lowest BCUT2D eigenvalue weighted by Gasteiger charge is -2.27. The topological polar surface area (TPSA) is 49.3 Å². The molecule has 1 aromatic carbocycles. The lowest BCUT2D eigenvalue weighted by Crippen LogP contribution is -2.36. The van der Waals surface area contributed by atoms with Gasteiger partial charge in [0.1, 0.15) is 0 Å². The predicted octanol–water partition coefficient (Wildman–Crippen LogP) is 3.04. The van der Waals surface area contributed by atoms with Crippen LogP contribution in [0.5, 0.6) is 0 Å². The average Bonchev–Trinajstić information content (AvgIpc) is 2.40. The van der Waals surface area contributed by atoms with Crippen LogP contribution >= 0.6 is 15.9 Å². The Hall–Kier alpha value is -0.870. The first-order valence-electron chi connectivity index (χ1n) is 6.81. The van der Waals surface area contributed by atoms with E-state index in [1.54, 1.807) is 0 Å². The number of carbonyl (C=O) groups is 1. The van der Waals surface area contributed by atoms with Crippen LogP contribution in [-0.2, 0) is 0 Å². The van der Waals surface area contributed by atoms with Crippen LogP contribution in [0, 0.1) is 12.8 Å². The van der Waals surface area contributed by atoms with Crippen molar-refractivity contribution in [2.24, 2.45) is 5.92 Å². The second kappa shape index (κ2) is 6.53. The van der Waals surface area contributed by atoms with E-state index in [-0.39, 0.29) is 17.9 Å². The minimum atomic E-state index is -0.269. The number of rotatable bonds is 3. The second-order valence-electron chi connectivity index (χ2n) is 5.26. The van der Waals surface area contributed by atoms with Crippen LogP contribution in [-0.4, -0.2) is 23.7 Å². The largest absolute Gasteiger partial charge is 0.393 e. The molecular formula is C15H20BrNO2. The van der Waals surface area contributed by atoms with Crippen molar-refractivity contribution in [2.45, 2.75) is 38.7 Å². The minimum absolute atomic E-state index is 0.0756. The molecular weight excluding hydrogens is 306 g/mol. The number of carbonyl (C=O) groups excluding carboxylic acids is 1. The van der Waals surface area contributed by atoms with E-state index < -0.39 is 0 Å². The fourth-order valence-electron chi connectivity index (χ4n) is 2.57. The van der Waals surface area contributed by atoms with E-state index in [1.165, 1.54) is 0 Å². The first-order chi connectivity index (χ1) is 9.09. The van der Waals surface area contributed by atoms with Crippen molar-refractivity contribution in [3.63, 3.8) is 0 Å². The van der Waals surface area contributed by atoms with E-state index in [4.69, 9.17) is 0 Å². The maximum atomic E-state index is 12.1. The molecule has 104 valence electrons. The van der Waals surface area contributed by atoms with Gasteiger partial charge >= 0.3 is 0 Å². The minimum Gasteiger partial charge on any atom is -0.393 e. The Morgan fingerprint density at radius 2 is 2.16 bits per heavy atom. The van der Waals surface area contributed by atoms with Crippen molar-refractivity contribution in [1.29, 1.82) is 0 Å². The molecule has 2 atom stereocenters. The average molecular weight is 326 g/mol. The summed E-state index contributed by atoms with van der Waals surface area (Å²) in [4.78, 5) is 12.1. The highest BCUT2D eigenvalue weighted by Gasteiger charge is 2.23. The summed E-state index contributed by atoms with van der Waals surface area (Å²) < 4.78 is 0.844. The number of hydrogen-bond acceptors (Lipinski definition) is 2. The number of benzene rings is 1. The van der Waals surface area contributed by atoms with Crippen LogP contribution in [0.4, 0.5) is 0 Å². The maximum Gasteiger partial charge on any atom is 0.252 e. The van der Waals surface area contributed by atoms with E-state index in [1.807, 2.05) is 25.1 Å². The van der Waals surface area contributed by atoms with Crippen LogP contribution in [0.2, 0.25) is 0 Å². The highest BCUT2D eigenvalue weighted by atomic mass is 79.9. The summed E-state index contributed by atoms with van der Waals surface area (Å²) in [6.45, 7) is 2.52. The molecule has 0 aliphatic heterocycles. The molecule has 1 aliphatic carbocycles. The monoisotopic (exact) mass is 325 g/mol. The number of aryl methyl sites for hydroxylation is 1. The van der Waals surface area contributed by atoms with Gasteiger partial charge in [-0.25, -0.2) is 0 Å². The molecule has 1 aromatic rings. The highest BCUT2D eigenvalue weighted by Crippen LogP contribution is 2.24. The van der Waals surface area contributed by atoms with Crippen molar-refractivity contribution in [2.75, 3.05) is 6.54 Å². The van der Waals surface area contributed by atoms with Gasteiger partial charge in [-0.05, 0) is 47.3 Å². The van der Waals surface area contributed by atoms with E-state index in [0.29, 0.717) is 12.1 Å². The molecule has 1 saturated carbocycles. The fourth-order valence-corrected chi connectivity index (χ4v) is 3.01. The van der Waals surface area contributed by atoms with Gasteiger partial charge in [0.25, 0.3) is 5.91 Å². The smallest absolute Gasteiger partial charge is 0.252 e. The lowest BCUT2D eigenvalue weighted by atomic mass is 9.86. The Morgan fingerprint density at radius 1 is 1.42 bits per heavy atom. The predicted molar refractivity (Wildman–Crippen MR) is 79.2 cm³/mol. The molecule has 19 heavy (non-hydrogen) atoms. The fraction of sp³-hybridized carbons (Fsp3) is 0.533. The molecule has 2 N–H and O–H groups in total. The quantitative estimate of drug-likeness (QED) is 0.897. The molecule has 1 amide bonds. The Kier molecular flexibility index (Phi) is 4.99. The third-order valence-corrected chi connectivity index (χ3v) is 4.88. The van der Waals surface area contributed by atoms with Crippen LogP contribution in [0.25, 0.3) is 0 Å². The van der Waals surface area contributed by atoms with E-state index in [9.17, 15) is 9.90 Å². The summed E-state index contributed by atoms with van der Waals surface area (Å²) in [6, 6.07) is 5.65. The first-order valence-corrected chi connectivity index (χ1v) is 7.60. The summed E-state index contributed by atoms with van der Waals surface area (Å²) in [5, 5.41) is 12.8. The number of aliphatic hydroxyl groups is 1. The standard InChI is InChI=1S/C15H20BrNO2/c1-10-5-4-7-12(14(10)16)15(19)17-9-11-6-2-3-8-13(11)18/h4-5,7,11,13,18H,2-3,6,8-9H2,1H3,(H,17,19). The number of hydrogen-bond donors (Lipinski definition) is 2. The molecule has 3 nitrogen and oxygen atoms in total. The maximum absolute atomic E-state index is 12.1. The summed E-state index contributed by atoms with van der Waals surface area (Å²) in [7, 11) is 0. The molecule has 1 aliphatic rings. The summed E-state index contributed by atoms with van der Waals surface area (Å²) in [6.07, 6.45) is 3.82. The normalized spacial score (nSPS) is 23.1. The molecule has 0 radical (unpaired) electrons. The molecule has 0 bridgehead atoms. The van der Waals surface area contributed by atoms with Gasteiger partial charge in [0.2, 0.25) is 0 Å². The number of aliphatic hydroxyl groups excluding tert-OH is 1. The van der Waals surface area contributed by atoms with Crippen molar-refractivity contribution in [3.8, 4) is 0 Å². The van der Waals surface area contributed by atoms with Crippen molar-refractivity contribution in [3.05, 3.63) is 33.8 Å². The molecule has 2 unspecified atom stereocenters. The molecule has 0 aromatic heterocycles. The second-order valence-corrected chi connectivity index (χ2v) is 6.05. The van der Waals surface area contributed by atoms with Crippen LogP contribution in [0.15, 0.2) is 22.7 Å². The van der Waals surface area contributed by atoms with E-state index in [2.05, 4.69) is 21.2 Å². The zero-order valence-electron chi connectivity index (χ0n) is 11.2. The van der Waals surface area contributed by atoms with Gasteiger partial charge in [0.05, 0.1) is 11.7 Å². The summed E-state index contributed by atoms with van der Waals surface area (Å²) >= 11 is 3.45. The Bertz CT molecular complexity index is 461. The van der Waals surface area contributed by atoms with Crippen molar-refractivity contribution < 1.29 is 9.90 Å². The molecule has 2 rings (SSSR count). The van der Waals surface area contributed by atoms with Gasteiger partial charge in [-0.15, -0.1) is 0 Å². The molecule has 0 saturated heterocycles. The first kappa shape index (κ1) is 14.5. The van der Waals surface area contributed by atoms with Gasteiger partial charge in [0, 0.05) is 16.9 Å². The van der Waals surface area contributed by atoms with Crippen molar-refractivity contribution in [1.82, 2.24) is 5.32 Å². The zero-order valence-corrected chi connectivity index (χ0v) is 12.7. The van der Waals surface area contributed by atoms with Gasteiger partial charge in [-0.3, -0.25) is 4.79 Å². The lowest BCUT2D eigenvalue weighted by molar-refractivity contribution is 0.0662. The van der Waals surface area contributed by atoms with E-state index in [0.717, 1.165) is 35.7 Å². The van der Waals surface area contributed by atoms with E-state index >= 15 is 0 Å². The van der Waals surface area contributed by atoms with Gasteiger partial charge in [0.15, 0.2) is 0 Å².